The molecule has 1 aromatic heterocycles. The quantitative estimate of drug-likeness (QED) is 0.751. The molecular weight excluding hydrogens is 260 g/mol. The molecule has 3 rings (SSSR count). The summed E-state index contributed by atoms with van der Waals surface area (Å²) in [6, 6.07) is 12.3. The van der Waals surface area contributed by atoms with Crippen LogP contribution in [-0.4, -0.2) is 10.2 Å². The van der Waals surface area contributed by atoms with Gasteiger partial charge in [-0.15, -0.1) is 0 Å². The Bertz CT molecular complexity index is 722. The summed E-state index contributed by atoms with van der Waals surface area (Å²) in [5.74, 6) is 0. The first-order valence-electron chi connectivity index (χ1n) is 6.26. The highest BCUT2D eigenvalue weighted by atomic mass is 19.3. The van der Waals surface area contributed by atoms with Gasteiger partial charge in [0.1, 0.15) is 0 Å². The lowest BCUT2D eigenvalue weighted by Crippen LogP contribution is -2.00. The van der Waals surface area contributed by atoms with Crippen LogP contribution in [0.3, 0.4) is 0 Å². The highest BCUT2D eigenvalue weighted by Crippen LogP contribution is 2.21. The molecule has 20 heavy (non-hydrogen) atoms. The minimum absolute atomic E-state index is 0.0505. The van der Waals surface area contributed by atoms with Gasteiger partial charge < -0.3 is 5.32 Å². The average Bonchev–Trinajstić information content (AvgIpc) is 2.93. The Kier molecular flexibility index (Phi) is 3.33. The van der Waals surface area contributed by atoms with Gasteiger partial charge >= 0.3 is 0 Å². The van der Waals surface area contributed by atoms with Gasteiger partial charge in [-0.25, -0.2) is 8.78 Å². The molecule has 0 saturated carbocycles. The number of alkyl halides is 2. The lowest BCUT2D eigenvalue weighted by atomic mass is 10.1. The summed E-state index contributed by atoms with van der Waals surface area (Å²) < 4.78 is 25.2. The van der Waals surface area contributed by atoms with Gasteiger partial charge in [0.15, 0.2) is 0 Å². The van der Waals surface area contributed by atoms with E-state index in [1.54, 1.807) is 12.3 Å². The number of hydrogen-bond donors (Lipinski definition) is 2. The first-order chi connectivity index (χ1) is 9.72. The van der Waals surface area contributed by atoms with Crippen molar-refractivity contribution in [1.82, 2.24) is 10.2 Å². The number of aromatic nitrogens is 2. The van der Waals surface area contributed by atoms with Crippen molar-refractivity contribution in [3.05, 3.63) is 59.8 Å². The second-order valence-electron chi connectivity index (χ2n) is 4.57. The molecular formula is C15H13F2N3. The fraction of sp³-hybridized carbons (Fsp3) is 0.133. The molecule has 5 heteroatoms. The molecule has 0 bridgehead atoms. The van der Waals surface area contributed by atoms with E-state index < -0.39 is 6.43 Å². The summed E-state index contributed by atoms with van der Waals surface area (Å²) in [6.07, 6.45) is -0.685. The molecule has 0 aliphatic heterocycles. The Balaban J connectivity index is 1.73. The summed E-state index contributed by atoms with van der Waals surface area (Å²) >= 11 is 0. The van der Waals surface area contributed by atoms with Crippen LogP contribution in [-0.2, 0) is 6.54 Å². The number of H-pyrrole nitrogens is 1. The van der Waals surface area contributed by atoms with E-state index in [9.17, 15) is 8.78 Å². The third-order valence-corrected chi connectivity index (χ3v) is 3.14. The van der Waals surface area contributed by atoms with Crippen LogP contribution >= 0.6 is 0 Å². The minimum atomic E-state index is -2.43. The van der Waals surface area contributed by atoms with Crippen molar-refractivity contribution < 1.29 is 8.78 Å². The fourth-order valence-electron chi connectivity index (χ4n) is 2.10. The van der Waals surface area contributed by atoms with Crippen LogP contribution in [0.4, 0.5) is 14.5 Å². The number of anilines is 1. The maximum Gasteiger partial charge on any atom is 0.263 e. The molecule has 0 fully saturated rings. The molecule has 0 unspecified atom stereocenters. The third kappa shape index (κ3) is 2.61. The van der Waals surface area contributed by atoms with E-state index in [0.717, 1.165) is 22.2 Å². The van der Waals surface area contributed by atoms with Gasteiger partial charge in [0.25, 0.3) is 6.43 Å². The Hall–Kier alpha value is -2.43. The lowest BCUT2D eigenvalue weighted by Gasteiger charge is -2.08. The van der Waals surface area contributed by atoms with Crippen LogP contribution in [0.15, 0.2) is 48.7 Å². The Morgan fingerprint density at radius 1 is 1.15 bits per heavy atom. The Morgan fingerprint density at radius 2 is 2.05 bits per heavy atom. The summed E-state index contributed by atoms with van der Waals surface area (Å²) in [7, 11) is 0. The maximum atomic E-state index is 12.6. The van der Waals surface area contributed by atoms with Gasteiger partial charge in [0.2, 0.25) is 0 Å². The third-order valence-electron chi connectivity index (χ3n) is 3.14. The SMILES string of the molecule is FC(F)c1cccc(CNc2ccc3[nH]ncc3c2)c1. The van der Waals surface area contributed by atoms with Crippen LogP contribution in [0.25, 0.3) is 10.9 Å². The standard InChI is InChI=1S/C15H13F2N3/c16-15(17)11-3-1-2-10(6-11)8-18-13-4-5-14-12(7-13)9-19-20-14/h1-7,9,15,18H,8H2,(H,19,20). The highest BCUT2D eigenvalue weighted by molar-refractivity contribution is 5.81. The first kappa shape index (κ1) is 12.6. The molecule has 0 amide bonds. The Labute approximate surface area is 114 Å². The van der Waals surface area contributed by atoms with Crippen LogP contribution in [0, 0.1) is 0 Å². The monoisotopic (exact) mass is 273 g/mol. The van der Waals surface area contributed by atoms with E-state index in [4.69, 9.17) is 0 Å². The van der Waals surface area contributed by atoms with Crippen LogP contribution in [0.2, 0.25) is 0 Å². The number of nitrogens with one attached hydrogen (secondary N) is 2. The van der Waals surface area contributed by atoms with Crippen LogP contribution in [0.1, 0.15) is 17.6 Å². The second kappa shape index (κ2) is 5.28. The van der Waals surface area contributed by atoms with Crippen molar-refractivity contribution in [3.8, 4) is 0 Å². The zero-order chi connectivity index (χ0) is 13.9. The van der Waals surface area contributed by atoms with Gasteiger partial charge in [-0.1, -0.05) is 18.2 Å². The van der Waals surface area contributed by atoms with E-state index in [-0.39, 0.29) is 5.56 Å². The van der Waals surface area contributed by atoms with Gasteiger partial charge in [0, 0.05) is 23.2 Å². The molecule has 3 aromatic rings. The van der Waals surface area contributed by atoms with Gasteiger partial charge in [-0.2, -0.15) is 5.10 Å². The highest BCUT2D eigenvalue weighted by Gasteiger charge is 2.06. The molecule has 0 aliphatic rings. The molecule has 102 valence electrons. The molecule has 0 spiro atoms. The fourth-order valence-corrected chi connectivity index (χ4v) is 2.10. The summed E-state index contributed by atoms with van der Waals surface area (Å²) in [6.45, 7) is 0.504. The molecule has 1 heterocycles. The average molecular weight is 273 g/mol. The number of aromatic amines is 1. The van der Waals surface area contributed by atoms with Crippen molar-refractivity contribution in [3.63, 3.8) is 0 Å². The van der Waals surface area contributed by atoms with E-state index in [1.807, 2.05) is 24.3 Å². The van der Waals surface area contributed by atoms with E-state index in [2.05, 4.69) is 15.5 Å². The molecule has 2 N–H and O–H groups in total. The topological polar surface area (TPSA) is 40.7 Å². The van der Waals surface area contributed by atoms with Gasteiger partial charge in [-0.05, 0) is 29.8 Å². The number of nitrogens with zero attached hydrogens (tertiary/aromatic N) is 1. The smallest absolute Gasteiger partial charge is 0.263 e. The summed E-state index contributed by atoms with van der Waals surface area (Å²) in [5.41, 5.74) is 2.78. The van der Waals surface area contributed by atoms with Crippen molar-refractivity contribution in [1.29, 1.82) is 0 Å². The second-order valence-corrected chi connectivity index (χ2v) is 4.57. The zero-order valence-electron chi connectivity index (χ0n) is 10.6. The predicted molar refractivity (Wildman–Crippen MR) is 74.8 cm³/mol. The van der Waals surface area contributed by atoms with Gasteiger partial charge in [-0.3, -0.25) is 5.10 Å². The number of fused-ring (bicyclic) bond motifs is 1. The van der Waals surface area contributed by atoms with E-state index in [0.29, 0.717) is 6.54 Å². The van der Waals surface area contributed by atoms with E-state index in [1.165, 1.54) is 12.1 Å². The van der Waals surface area contributed by atoms with Crippen molar-refractivity contribution in [2.24, 2.45) is 0 Å². The summed E-state index contributed by atoms with van der Waals surface area (Å²) in [4.78, 5) is 0. The number of halogens is 2. The Morgan fingerprint density at radius 3 is 2.90 bits per heavy atom. The summed E-state index contributed by atoms with van der Waals surface area (Å²) in [5, 5.41) is 11.1. The van der Waals surface area contributed by atoms with Crippen LogP contribution < -0.4 is 5.32 Å². The normalized spacial score (nSPS) is 11.2. The zero-order valence-corrected chi connectivity index (χ0v) is 10.6. The lowest BCUT2D eigenvalue weighted by molar-refractivity contribution is 0.151. The molecule has 0 radical (unpaired) electrons. The number of hydrogen-bond acceptors (Lipinski definition) is 2. The maximum absolute atomic E-state index is 12.6. The van der Waals surface area contributed by atoms with E-state index >= 15 is 0 Å². The molecule has 2 aromatic carbocycles. The van der Waals surface area contributed by atoms with Gasteiger partial charge in [0.05, 0.1) is 11.7 Å². The number of benzene rings is 2. The first-order valence-corrected chi connectivity index (χ1v) is 6.26. The largest absolute Gasteiger partial charge is 0.381 e. The molecule has 0 atom stereocenters. The molecule has 3 nitrogen and oxygen atoms in total. The predicted octanol–water partition coefficient (Wildman–Crippen LogP) is 4.11. The molecule has 0 aliphatic carbocycles. The van der Waals surface area contributed by atoms with Crippen molar-refractivity contribution in [2.45, 2.75) is 13.0 Å². The van der Waals surface area contributed by atoms with Crippen molar-refractivity contribution in [2.75, 3.05) is 5.32 Å². The van der Waals surface area contributed by atoms with Crippen LogP contribution in [0.5, 0.6) is 0 Å². The van der Waals surface area contributed by atoms with Crippen molar-refractivity contribution >= 4 is 16.6 Å². The number of rotatable bonds is 4. The molecule has 0 saturated heterocycles. The minimum Gasteiger partial charge on any atom is -0.381 e.